The number of nitrogens with two attached hydrogens (primary N) is 1. The SMILES string of the molecule is Cc1ccc(C(=N)N)cc1OC1CCOCC1. The van der Waals surface area contributed by atoms with Crippen molar-refractivity contribution in [1.29, 1.82) is 5.41 Å². The summed E-state index contributed by atoms with van der Waals surface area (Å²) in [4.78, 5) is 0. The Bertz CT molecular complexity index is 412. The van der Waals surface area contributed by atoms with Crippen molar-refractivity contribution >= 4 is 5.84 Å². The standard InChI is InChI=1S/C13H18N2O2/c1-9-2-3-10(13(14)15)8-12(9)17-11-4-6-16-7-5-11/h2-3,8,11H,4-7H2,1H3,(H3,14,15). The molecule has 3 N–H and O–H groups in total. The first-order valence-corrected chi connectivity index (χ1v) is 5.86. The lowest BCUT2D eigenvalue weighted by molar-refractivity contribution is 0.0253. The van der Waals surface area contributed by atoms with E-state index >= 15 is 0 Å². The van der Waals surface area contributed by atoms with Crippen molar-refractivity contribution in [3.8, 4) is 5.75 Å². The highest BCUT2D eigenvalue weighted by Gasteiger charge is 2.16. The van der Waals surface area contributed by atoms with Crippen molar-refractivity contribution in [3.05, 3.63) is 29.3 Å². The molecule has 0 radical (unpaired) electrons. The Morgan fingerprint density at radius 3 is 2.76 bits per heavy atom. The average Bonchev–Trinajstić information content (AvgIpc) is 2.33. The fraction of sp³-hybridized carbons (Fsp3) is 0.462. The van der Waals surface area contributed by atoms with Crippen LogP contribution in [0.4, 0.5) is 0 Å². The highest BCUT2D eigenvalue weighted by atomic mass is 16.5. The number of nitrogens with one attached hydrogen (secondary N) is 1. The van der Waals surface area contributed by atoms with Crippen LogP contribution in [0.25, 0.3) is 0 Å². The van der Waals surface area contributed by atoms with Gasteiger partial charge in [-0.05, 0) is 18.6 Å². The lowest BCUT2D eigenvalue weighted by Crippen LogP contribution is -2.26. The number of hydrogen-bond acceptors (Lipinski definition) is 3. The number of aryl methyl sites for hydroxylation is 1. The summed E-state index contributed by atoms with van der Waals surface area (Å²) < 4.78 is 11.2. The first-order chi connectivity index (χ1) is 8.16. The third-order valence-corrected chi connectivity index (χ3v) is 2.96. The van der Waals surface area contributed by atoms with E-state index in [0.29, 0.717) is 5.56 Å². The zero-order valence-electron chi connectivity index (χ0n) is 10.0. The van der Waals surface area contributed by atoms with E-state index in [9.17, 15) is 0 Å². The predicted octanol–water partition coefficient (Wildman–Crippen LogP) is 1.84. The second kappa shape index (κ2) is 5.19. The summed E-state index contributed by atoms with van der Waals surface area (Å²) >= 11 is 0. The Kier molecular flexibility index (Phi) is 3.64. The molecule has 92 valence electrons. The second-order valence-corrected chi connectivity index (χ2v) is 4.32. The van der Waals surface area contributed by atoms with Gasteiger partial charge in [-0.1, -0.05) is 12.1 Å². The van der Waals surface area contributed by atoms with Crippen LogP contribution in [0.15, 0.2) is 18.2 Å². The molecule has 1 saturated heterocycles. The molecule has 1 heterocycles. The van der Waals surface area contributed by atoms with Crippen molar-refractivity contribution in [1.82, 2.24) is 0 Å². The molecular formula is C13H18N2O2. The van der Waals surface area contributed by atoms with Crippen molar-refractivity contribution in [2.24, 2.45) is 5.73 Å². The number of nitrogen functional groups attached to an aromatic ring is 1. The number of hydrogen-bond donors (Lipinski definition) is 2. The first kappa shape index (κ1) is 11.9. The second-order valence-electron chi connectivity index (χ2n) is 4.32. The van der Waals surface area contributed by atoms with Crippen LogP contribution in [0.5, 0.6) is 5.75 Å². The maximum absolute atomic E-state index is 7.42. The Hall–Kier alpha value is -1.55. The number of ether oxygens (including phenoxy) is 2. The van der Waals surface area contributed by atoms with E-state index in [2.05, 4.69) is 0 Å². The van der Waals surface area contributed by atoms with Crippen molar-refractivity contribution in [2.75, 3.05) is 13.2 Å². The largest absolute Gasteiger partial charge is 0.490 e. The van der Waals surface area contributed by atoms with E-state index in [1.165, 1.54) is 0 Å². The molecule has 1 aromatic carbocycles. The maximum Gasteiger partial charge on any atom is 0.123 e. The normalized spacial score (nSPS) is 16.8. The maximum atomic E-state index is 7.42. The van der Waals surface area contributed by atoms with Crippen LogP contribution in [0.3, 0.4) is 0 Å². The molecule has 0 aliphatic carbocycles. The molecule has 1 fully saturated rings. The van der Waals surface area contributed by atoms with E-state index in [4.69, 9.17) is 20.6 Å². The van der Waals surface area contributed by atoms with Crippen molar-refractivity contribution < 1.29 is 9.47 Å². The van der Waals surface area contributed by atoms with Gasteiger partial charge < -0.3 is 15.2 Å². The zero-order chi connectivity index (χ0) is 12.3. The summed E-state index contributed by atoms with van der Waals surface area (Å²) in [5.74, 6) is 0.895. The Morgan fingerprint density at radius 1 is 1.41 bits per heavy atom. The fourth-order valence-electron chi connectivity index (χ4n) is 1.87. The van der Waals surface area contributed by atoms with Gasteiger partial charge in [-0.3, -0.25) is 5.41 Å². The van der Waals surface area contributed by atoms with E-state index in [0.717, 1.165) is 37.4 Å². The van der Waals surface area contributed by atoms with Crippen molar-refractivity contribution in [2.45, 2.75) is 25.9 Å². The van der Waals surface area contributed by atoms with E-state index in [1.807, 2.05) is 25.1 Å². The minimum absolute atomic E-state index is 0.0711. The highest BCUT2D eigenvalue weighted by Crippen LogP contribution is 2.23. The highest BCUT2D eigenvalue weighted by molar-refractivity contribution is 5.95. The Balaban J connectivity index is 2.13. The van der Waals surface area contributed by atoms with Gasteiger partial charge in [-0.15, -0.1) is 0 Å². The molecule has 1 aliphatic heterocycles. The van der Waals surface area contributed by atoms with Gasteiger partial charge in [0.05, 0.1) is 13.2 Å². The third kappa shape index (κ3) is 2.97. The van der Waals surface area contributed by atoms with E-state index < -0.39 is 0 Å². The smallest absolute Gasteiger partial charge is 0.123 e. The van der Waals surface area contributed by atoms with Gasteiger partial charge in [0.1, 0.15) is 17.7 Å². The summed E-state index contributed by atoms with van der Waals surface area (Å²) in [6, 6.07) is 5.62. The molecule has 1 aromatic rings. The lowest BCUT2D eigenvalue weighted by Gasteiger charge is -2.24. The molecule has 0 unspecified atom stereocenters. The molecule has 0 bridgehead atoms. The number of rotatable bonds is 3. The zero-order valence-corrected chi connectivity index (χ0v) is 10.0. The van der Waals surface area contributed by atoms with Gasteiger partial charge >= 0.3 is 0 Å². The summed E-state index contributed by atoms with van der Waals surface area (Å²) in [6.45, 7) is 3.52. The lowest BCUT2D eigenvalue weighted by atomic mass is 10.1. The monoisotopic (exact) mass is 234 g/mol. The fourth-order valence-corrected chi connectivity index (χ4v) is 1.87. The van der Waals surface area contributed by atoms with Crippen LogP contribution >= 0.6 is 0 Å². The third-order valence-electron chi connectivity index (χ3n) is 2.96. The number of amidine groups is 1. The van der Waals surface area contributed by atoms with E-state index in [1.54, 1.807) is 0 Å². The number of benzene rings is 1. The molecule has 4 nitrogen and oxygen atoms in total. The predicted molar refractivity (Wildman–Crippen MR) is 66.7 cm³/mol. The molecule has 0 spiro atoms. The summed E-state index contributed by atoms with van der Waals surface area (Å²) in [5.41, 5.74) is 7.25. The van der Waals surface area contributed by atoms with Gasteiger partial charge in [-0.2, -0.15) is 0 Å². The Morgan fingerprint density at radius 2 is 2.12 bits per heavy atom. The van der Waals surface area contributed by atoms with Crippen LogP contribution < -0.4 is 10.5 Å². The minimum Gasteiger partial charge on any atom is -0.490 e. The van der Waals surface area contributed by atoms with Gasteiger partial charge in [0.2, 0.25) is 0 Å². The summed E-state index contributed by atoms with van der Waals surface area (Å²) in [6.07, 6.45) is 2.05. The van der Waals surface area contributed by atoms with Crippen LogP contribution in [-0.2, 0) is 4.74 Å². The minimum atomic E-state index is 0.0711. The van der Waals surface area contributed by atoms with Gasteiger partial charge in [-0.25, -0.2) is 0 Å². The van der Waals surface area contributed by atoms with Crippen LogP contribution in [-0.4, -0.2) is 25.2 Å². The van der Waals surface area contributed by atoms with Gasteiger partial charge in [0.25, 0.3) is 0 Å². The molecule has 2 rings (SSSR count). The van der Waals surface area contributed by atoms with Crippen LogP contribution in [0, 0.1) is 12.3 Å². The topological polar surface area (TPSA) is 68.3 Å². The van der Waals surface area contributed by atoms with Crippen LogP contribution in [0.1, 0.15) is 24.0 Å². The molecule has 17 heavy (non-hydrogen) atoms. The van der Waals surface area contributed by atoms with Gasteiger partial charge in [0, 0.05) is 18.4 Å². The first-order valence-electron chi connectivity index (χ1n) is 5.86. The quantitative estimate of drug-likeness (QED) is 0.619. The molecular weight excluding hydrogens is 216 g/mol. The van der Waals surface area contributed by atoms with Crippen LogP contribution in [0.2, 0.25) is 0 Å². The van der Waals surface area contributed by atoms with Gasteiger partial charge in [0.15, 0.2) is 0 Å². The molecule has 0 atom stereocenters. The summed E-state index contributed by atoms with van der Waals surface area (Å²) in [7, 11) is 0. The molecule has 1 aliphatic rings. The molecule has 0 aromatic heterocycles. The average molecular weight is 234 g/mol. The summed E-state index contributed by atoms with van der Waals surface area (Å²) in [5, 5.41) is 7.42. The van der Waals surface area contributed by atoms with Crippen molar-refractivity contribution in [3.63, 3.8) is 0 Å². The molecule has 0 saturated carbocycles. The Labute approximate surface area is 101 Å². The van der Waals surface area contributed by atoms with E-state index in [-0.39, 0.29) is 11.9 Å². The molecule has 0 amide bonds. The molecule has 4 heteroatoms.